The third-order valence-corrected chi connectivity index (χ3v) is 9.61. The lowest BCUT2D eigenvalue weighted by Gasteiger charge is -2.33. The summed E-state index contributed by atoms with van der Waals surface area (Å²) in [6.45, 7) is 2.13. The molecule has 0 fully saturated rings. The number of anilines is 3. The van der Waals surface area contributed by atoms with Crippen LogP contribution in [0.1, 0.15) is 5.56 Å². The molecule has 0 bridgehead atoms. The van der Waals surface area contributed by atoms with Gasteiger partial charge in [0.2, 0.25) is 0 Å². The van der Waals surface area contributed by atoms with Gasteiger partial charge in [0.25, 0.3) is 0 Å². The molecule has 5 nitrogen and oxygen atoms in total. The third kappa shape index (κ3) is 4.53. The van der Waals surface area contributed by atoms with Crippen molar-refractivity contribution < 1.29 is 13.2 Å². The van der Waals surface area contributed by atoms with E-state index in [2.05, 4.69) is 84.6 Å². The number of hydrogen-bond donors (Lipinski definition) is 0. The summed E-state index contributed by atoms with van der Waals surface area (Å²) >= 11 is 0. The number of fused-ring (bicyclic) bond motifs is 4. The topological polar surface area (TPSA) is 59.5 Å². The zero-order chi connectivity index (χ0) is 30.7. The van der Waals surface area contributed by atoms with Crippen LogP contribution in [0.15, 0.2) is 138 Å². The average molecular weight is 605 g/mol. The van der Waals surface area contributed by atoms with Gasteiger partial charge in [-0.1, -0.05) is 84.9 Å². The van der Waals surface area contributed by atoms with Gasteiger partial charge in [-0.3, -0.25) is 0 Å². The van der Waals surface area contributed by atoms with Crippen LogP contribution in [0.25, 0.3) is 44.1 Å². The molecule has 218 valence electrons. The zero-order valence-electron chi connectivity index (χ0n) is 24.7. The number of hydrogen-bond acceptors (Lipinski definition) is 5. The van der Waals surface area contributed by atoms with Crippen molar-refractivity contribution in [2.45, 2.75) is 11.8 Å². The van der Waals surface area contributed by atoms with Crippen molar-refractivity contribution in [3.8, 4) is 33.9 Å². The highest BCUT2D eigenvalue weighted by Crippen LogP contribution is 2.52. The standard InChI is InChI=1S/C39H28N2O3S/c1-25-18-23-35(41-33-14-5-7-16-36(33)44-37-17-8-6-15-34(37)41)39-38(25)31(30-13-9-11-26-10-3-4-12-29(26)30)24-32(40-39)27-19-21-28(22-20-27)45(2,42)43/h3-24H,1-2H3. The first kappa shape index (κ1) is 27.1. The van der Waals surface area contributed by atoms with E-state index < -0.39 is 9.84 Å². The first-order chi connectivity index (χ1) is 21.9. The molecular weight excluding hydrogens is 577 g/mol. The maximum Gasteiger partial charge on any atom is 0.175 e. The highest BCUT2D eigenvalue weighted by Gasteiger charge is 2.28. The van der Waals surface area contributed by atoms with Crippen LogP contribution < -0.4 is 9.64 Å². The van der Waals surface area contributed by atoms with Gasteiger partial charge in [-0.25, -0.2) is 13.4 Å². The van der Waals surface area contributed by atoms with Crippen molar-refractivity contribution in [1.82, 2.24) is 4.98 Å². The van der Waals surface area contributed by atoms with E-state index in [1.54, 1.807) is 12.1 Å². The van der Waals surface area contributed by atoms with Crippen molar-refractivity contribution in [3.05, 3.63) is 139 Å². The highest BCUT2D eigenvalue weighted by atomic mass is 32.2. The molecule has 8 rings (SSSR count). The van der Waals surface area contributed by atoms with E-state index in [0.29, 0.717) is 0 Å². The highest BCUT2D eigenvalue weighted by molar-refractivity contribution is 7.90. The molecule has 6 heteroatoms. The fourth-order valence-electron chi connectivity index (χ4n) is 6.33. The minimum atomic E-state index is -3.33. The molecule has 0 radical (unpaired) electrons. The maximum absolute atomic E-state index is 12.2. The van der Waals surface area contributed by atoms with Gasteiger partial charge in [-0.15, -0.1) is 0 Å². The molecule has 7 aromatic rings. The predicted molar refractivity (Wildman–Crippen MR) is 183 cm³/mol. The summed E-state index contributed by atoms with van der Waals surface area (Å²) < 4.78 is 30.8. The monoisotopic (exact) mass is 604 g/mol. The number of aryl methyl sites for hydroxylation is 1. The Hall–Kier alpha value is -5.46. The van der Waals surface area contributed by atoms with Crippen molar-refractivity contribution in [2.24, 2.45) is 0 Å². The fourth-order valence-corrected chi connectivity index (χ4v) is 6.96. The summed E-state index contributed by atoms with van der Waals surface area (Å²) in [4.78, 5) is 7.86. The van der Waals surface area contributed by atoms with Crippen LogP contribution in [0.2, 0.25) is 0 Å². The Kier molecular flexibility index (Phi) is 6.22. The summed E-state index contributed by atoms with van der Waals surface area (Å²) in [6, 6.07) is 44.3. The SMILES string of the molecule is Cc1ccc(N2c3ccccc3Oc3ccccc32)c2nc(-c3ccc(S(C)(=O)=O)cc3)cc(-c3cccc4ccccc34)c12. The summed E-state index contributed by atoms with van der Waals surface area (Å²) in [5.74, 6) is 1.54. The van der Waals surface area contributed by atoms with Gasteiger partial charge in [0.15, 0.2) is 21.3 Å². The average Bonchev–Trinajstić information content (AvgIpc) is 3.06. The summed E-state index contributed by atoms with van der Waals surface area (Å²) in [5.41, 5.74) is 8.50. The molecule has 45 heavy (non-hydrogen) atoms. The minimum Gasteiger partial charge on any atom is -0.453 e. The molecule has 0 amide bonds. The van der Waals surface area contributed by atoms with Crippen LogP contribution in [0.4, 0.5) is 17.1 Å². The Morgan fingerprint density at radius 2 is 1.29 bits per heavy atom. The van der Waals surface area contributed by atoms with E-state index in [0.717, 1.165) is 78.2 Å². The van der Waals surface area contributed by atoms with E-state index >= 15 is 0 Å². The van der Waals surface area contributed by atoms with Crippen LogP contribution in [0.3, 0.4) is 0 Å². The molecule has 0 saturated heterocycles. The Labute approximate surface area is 261 Å². The molecule has 1 aliphatic rings. The van der Waals surface area contributed by atoms with Crippen LogP contribution in [0, 0.1) is 6.92 Å². The van der Waals surface area contributed by atoms with Crippen molar-refractivity contribution in [2.75, 3.05) is 11.2 Å². The van der Waals surface area contributed by atoms with E-state index in [1.807, 2.05) is 48.5 Å². The molecule has 0 unspecified atom stereocenters. The lowest BCUT2D eigenvalue weighted by molar-refractivity contribution is 0.477. The number of rotatable bonds is 4. The smallest absolute Gasteiger partial charge is 0.175 e. The molecule has 0 aliphatic carbocycles. The van der Waals surface area contributed by atoms with Gasteiger partial charge in [0.1, 0.15) is 0 Å². The largest absolute Gasteiger partial charge is 0.453 e. The molecule has 2 heterocycles. The Bertz CT molecular complexity index is 2350. The number of para-hydroxylation sites is 4. The van der Waals surface area contributed by atoms with Crippen LogP contribution in [-0.2, 0) is 9.84 Å². The first-order valence-electron chi connectivity index (χ1n) is 14.8. The zero-order valence-corrected chi connectivity index (χ0v) is 25.5. The fraction of sp³-hybridized carbons (Fsp3) is 0.0513. The number of aromatic nitrogens is 1. The van der Waals surface area contributed by atoms with Gasteiger partial charge in [-0.2, -0.15) is 0 Å². The molecule has 6 aromatic carbocycles. The quantitative estimate of drug-likeness (QED) is 0.200. The predicted octanol–water partition coefficient (Wildman–Crippen LogP) is 10.0. The third-order valence-electron chi connectivity index (χ3n) is 8.48. The van der Waals surface area contributed by atoms with E-state index in [1.165, 1.54) is 6.26 Å². The minimum absolute atomic E-state index is 0.277. The number of benzene rings is 6. The second kappa shape index (κ2) is 10.3. The summed E-state index contributed by atoms with van der Waals surface area (Å²) in [6.07, 6.45) is 1.22. The molecule has 0 saturated carbocycles. The Balaban J connectivity index is 1.47. The summed E-state index contributed by atoms with van der Waals surface area (Å²) in [7, 11) is -3.33. The van der Waals surface area contributed by atoms with Gasteiger partial charge in [0, 0.05) is 17.2 Å². The van der Waals surface area contributed by atoms with Gasteiger partial charge in [-0.05, 0) is 82.9 Å². The lowest BCUT2D eigenvalue weighted by Crippen LogP contribution is -2.16. The summed E-state index contributed by atoms with van der Waals surface area (Å²) in [5, 5.41) is 3.36. The van der Waals surface area contributed by atoms with Crippen molar-refractivity contribution >= 4 is 48.6 Å². The second-order valence-electron chi connectivity index (χ2n) is 11.4. The number of sulfone groups is 1. The first-order valence-corrected chi connectivity index (χ1v) is 16.6. The second-order valence-corrected chi connectivity index (χ2v) is 13.4. The number of nitrogens with zero attached hydrogens (tertiary/aromatic N) is 2. The van der Waals surface area contributed by atoms with E-state index in [9.17, 15) is 8.42 Å². The molecule has 0 N–H and O–H groups in total. The Morgan fingerprint density at radius 3 is 2.00 bits per heavy atom. The van der Waals surface area contributed by atoms with Gasteiger partial charge in [0.05, 0.1) is 33.2 Å². The van der Waals surface area contributed by atoms with Gasteiger partial charge >= 0.3 is 0 Å². The van der Waals surface area contributed by atoms with Crippen molar-refractivity contribution in [3.63, 3.8) is 0 Å². The van der Waals surface area contributed by atoms with E-state index in [4.69, 9.17) is 9.72 Å². The van der Waals surface area contributed by atoms with E-state index in [-0.39, 0.29) is 4.90 Å². The number of pyridine rings is 1. The number of ether oxygens (including phenoxy) is 1. The normalized spacial score (nSPS) is 12.5. The molecule has 0 spiro atoms. The Morgan fingerprint density at radius 1 is 0.644 bits per heavy atom. The van der Waals surface area contributed by atoms with Crippen molar-refractivity contribution in [1.29, 1.82) is 0 Å². The maximum atomic E-state index is 12.2. The van der Waals surface area contributed by atoms with Crippen LogP contribution in [-0.4, -0.2) is 19.7 Å². The van der Waals surface area contributed by atoms with Gasteiger partial charge < -0.3 is 9.64 Å². The molecule has 0 atom stereocenters. The lowest BCUT2D eigenvalue weighted by atomic mass is 9.91. The van der Waals surface area contributed by atoms with Crippen LogP contribution >= 0.6 is 0 Å². The molecular formula is C39H28N2O3S. The van der Waals surface area contributed by atoms with Crippen LogP contribution in [0.5, 0.6) is 11.5 Å². The molecule has 1 aliphatic heterocycles. The molecule has 1 aromatic heterocycles.